The number of methoxy groups -OCH3 is 2. The maximum absolute atomic E-state index is 5.89. The third-order valence-corrected chi connectivity index (χ3v) is 11.9. The van der Waals surface area contributed by atoms with Crippen LogP contribution in [-0.2, 0) is 12.1 Å². The van der Waals surface area contributed by atoms with Gasteiger partial charge in [0.1, 0.15) is 19.6 Å². The molecule has 0 saturated heterocycles. The van der Waals surface area contributed by atoms with Crippen molar-refractivity contribution in [3.63, 3.8) is 0 Å². The Hall–Kier alpha value is -2.78. The summed E-state index contributed by atoms with van der Waals surface area (Å²) in [5.74, 6) is 2.07. The van der Waals surface area contributed by atoms with E-state index in [2.05, 4.69) is 86.7 Å². The zero-order valence-electron chi connectivity index (χ0n) is 19.1. The van der Waals surface area contributed by atoms with Crippen molar-refractivity contribution in [2.75, 3.05) is 14.2 Å². The van der Waals surface area contributed by atoms with E-state index in [0.29, 0.717) is 0 Å². The van der Waals surface area contributed by atoms with Crippen LogP contribution in [0.1, 0.15) is 35.1 Å². The van der Waals surface area contributed by atoms with Crippen molar-refractivity contribution < 1.29 is 9.47 Å². The van der Waals surface area contributed by atoms with E-state index < -0.39 is 8.07 Å². The van der Waals surface area contributed by atoms with E-state index in [-0.39, 0.29) is 0 Å². The zero-order chi connectivity index (χ0) is 21.8. The molecule has 0 heterocycles. The van der Waals surface area contributed by atoms with Crippen molar-refractivity contribution in [1.29, 1.82) is 0 Å². The molecule has 0 aromatic heterocycles. The Balaban J connectivity index is 1.88. The van der Waals surface area contributed by atoms with Crippen molar-refractivity contribution in [2.45, 2.75) is 38.8 Å². The smallest absolute Gasteiger partial charge is 0.124 e. The van der Waals surface area contributed by atoms with Gasteiger partial charge >= 0.3 is 0 Å². The van der Waals surface area contributed by atoms with Gasteiger partial charge in [-0.15, -0.1) is 0 Å². The number of hydrogen-bond donors (Lipinski definition) is 0. The van der Waals surface area contributed by atoms with Gasteiger partial charge in [-0.1, -0.05) is 83.2 Å². The number of rotatable bonds is 8. The Morgan fingerprint density at radius 1 is 0.710 bits per heavy atom. The maximum Gasteiger partial charge on any atom is 0.124 e. The lowest BCUT2D eigenvalue weighted by Gasteiger charge is -2.37. The van der Waals surface area contributed by atoms with Crippen molar-refractivity contribution in [1.82, 2.24) is 0 Å². The summed E-state index contributed by atoms with van der Waals surface area (Å²) in [6.07, 6.45) is 16.0. The molecule has 3 heteroatoms. The standard InChI is InChI=1S/C28H32O2Si/c1-21-11-9-13-23(27(21)29-3)19-31(25-15-5-6-16-25,26-17-7-8-18-26)20-24-14-10-12-22(2)28(24)30-4/h5-15,17H,16,18-20H2,1-4H3. The van der Waals surface area contributed by atoms with Crippen LogP contribution in [0.2, 0.25) is 0 Å². The summed E-state index contributed by atoms with van der Waals surface area (Å²) in [7, 11) is 1.48. The second-order valence-electron chi connectivity index (χ2n) is 8.62. The van der Waals surface area contributed by atoms with E-state index in [1.165, 1.54) is 22.3 Å². The summed E-state index contributed by atoms with van der Waals surface area (Å²) in [6.45, 7) is 4.28. The Kier molecular flexibility index (Phi) is 6.33. The molecule has 0 aliphatic heterocycles. The molecule has 0 N–H and O–H groups in total. The van der Waals surface area contributed by atoms with Crippen molar-refractivity contribution >= 4 is 8.07 Å². The molecule has 0 unspecified atom stereocenters. The number of allylic oxidation sites excluding steroid dienone is 8. The minimum atomic E-state index is -2.12. The Morgan fingerprint density at radius 2 is 1.16 bits per heavy atom. The topological polar surface area (TPSA) is 18.5 Å². The molecule has 0 amide bonds. The first-order valence-electron chi connectivity index (χ1n) is 11.1. The van der Waals surface area contributed by atoms with Gasteiger partial charge in [-0.25, -0.2) is 0 Å². The molecule has 0 spiro atoms. The first-order chi connectivity index (χ1) is 15.1. The number of para-hydroxylation sites is 2. The molecule has 2 aromatic rings. The molecule has 0 radical (unpaired) electrons. The highest BCUT2D eigenvalue weighted by atomic mass is 28.3. The lowest BCUT2D eigenvalue weighted by atomic mass is 10.1. The molecule has 0 atom stereocenters. The van der Waals surface area contributed by atoms with Gasteiger partial charge in [0.25, 0.3) is 0 Å². The minimum absolute atomic E-state index is 1.04. The lowest BCUT2D eigenvalue weighted by molar-refractivity contribution is 0.407. The third-order valence-electron chi connectivity index (χ3n) is 6.75. The summed E-state index contributed by atoms with van der Waals surface area (Å²) >= 11 is 0. The molecule has 0 saturated carbocycles. The fourth-order valence-corrected chi connectivity index (χ4v) is 10.4. The maximum atomic E-state index is 5.89. The van der Waals surface area contributed by atoms with E-state index in [4.69, 9.17) is 9.47 Å². The van der Waals surface area contributed by atoms with Crippen molar-refractivity contribution in [3.05, 3.63) is 106 Å². The molecular formula is C28H32O2Si. The summed E-state index contributed by atoms with van der Waals surface area (Å²) in [4.78, 5) is 0. The van der Waals surface area contributed by atoms with Crippen molar-refractivity contribution in [3.8, 4) is 11.5 Å². The SMILES string of the molecule is COc1c(C)cccc1C[Si](Cc1cccc(C)c1OC)(C1=CC=CC1)C1=CC=CC1. The first-order valence-corrected chi connectivity index (χ1v) is 13.5. The number of hydrogen-bond acceptors (Lipinski definition) is 2. The van der Waals surface area contributed by atoms with Gasteiger partial charge in [-0.3, -0.25) is 0 Å². The van der Waals surface area contributed by atoms with Crippen LogP contribution >= 0.6 is 0 Å². The highest BCUT2D eigenvalue weighted by Gasteiger charge is 2.42. The lowest BCUT2D eigenvalue weighted by Crippen LogP contribution is -2.46. The van der Waals surface area contributed by atoms with Gasteiger partial charge in [0.15, 0.2) is 0 Å². The molecule has 2 aliphatic rings. The van der Waals surface area contributed by atoms with Gasteiger partial charge in [-0.05, 0) is 61.0 Å². The average molecular weight is 429 g/mol. The monoisotopic (exact) mass is 428 g/mol. The van der Waals surface area contributed by atoms with Crippen LogP contribution in [0, 0.1) is 13.8 Å². The van der Waals surface area contributed by atoms with Crippen LogP contribution in [0.15, 0.2) is 83.2 Å². The number of aryl methyl sites for hydroxylation is 2. The molecule has 4 rings (SSSR count). The van der Waals surface area contributed by atoms with Gasteiger partial charge in [0, 0.05) is 0 Å². The highest BCUT2D eigenvalue weighted by Crippen LogP contribution is 2.42. The quantitative estimate of drug-likeness (QED) is 0.448. The summed E-state index contributed by atoms with van der Waals surface area (Å²) in [6, 6.07) is 15.2. The number of benzene rings is 2. The van der Waals surface area contributed by atoms with Crippen molar-refractivity contribution in [2.24, 2.45) is 0 Å². The van der Waals surface area contributed by atoms with Gasteiger partial charge in [0.2, 0.25) is 0 Å². The van der Waals surface area contributed by atoms with E-state index in [1.807, 2.05) is 0 Å². The second kappa shape index (κ2) is 9.15. The van der Waals surface area contributed by atoms with Gasteiger partial charge in [-0.2, -0.15) is 0 Å². The highest BCUT2D eigenvalue weighted by molar-refractivity contribution is 6.92. The summed E-state index contributed by atoms with van der Waals surface area (Å²) in [5, 5.41) is 3.21. The van der Waals surface area contributed by atoms with Gasteiger partial charge < -0.3 is 9.47 Å². The molecular weight excluding hydrogens is 396 g/mol. The van der Waals surface area contributed by atoms with Crippen LogP contribution in [0.3, 0.4) is 0 Å². The molecule has 31 heavy (non-hydrogen) atoms. The van der Waals surface area contributed by atoms with E-state index in [0.717, 1.165) is 36.4 Å². The summed E-state index contributed by atoms with van der Waals surface area (Å²) < 4.78 is 11.8. The fraction of sp³-hybridized carbons (Fsp3) is 0.286. The van der Waals surface area contributed by atoms with Crippen LogP contribution in [-0.4, -0.2) is 22.3 Å². The minimum Gasteiger partial charge on any atom is -0.496 e. The molecule has 0 fully saturated rings. The Morgan fingerprint density at radius 3 is 1.52 bits per heavy atom. The normalized spacial score (nSPS) is 15.2. The zero-order valence-corrected chi connectivity index (χ0v) is 20.1. The Bertz CT molecular complexity index is 1000. The third kappa shape index (κ3) is 4.07. The molecule has 160 valence electrons. The molecule has 2 aromatic carbocycles. The van der Waals surface area contributed by atoms with E-state index in [9.17, 15) is 0 Å². The molecule has 2 aliphatic carbocycles. The van der Waals surface area contributed by atoms with E-state index >= 15 is 0 Å². The second-order valence-corrected chi connectivity index (χ2v) is 12.8. The first kappa shape index (κ1) is 21.4. The predicted molar refractivity (Wildman–Crippen MR) is 132 cm³/mol. The number of ether oxygens (including phenoxy) is 2. The largest absolute Gasteiger partial charge is 0.496 e. The Labute approximate surface area is 187 Å². The van der Waals surface area contributed by atoms with Crippen LogP contribution in [0.4, 0.5) is 0 Å². The van der Waals surface area contributed by atoms with E-state index in [1.54, 1.807) is 24.6 Å². The van der Waals surface area contributed by atoms with Gasteiger partial charge in [0.05, 0.1) is 14.2 Å². The van der Waals surface area contributed by atoms with Crippen LogP contribution in [0.25, 0.3) is 0 Å². The average Bonchev–Trinajstić information content (AvgIpc) is 3.48. The van der Waals surface area contributed by atoms with Crippen LogP contribution < -0.4 is 9.47 Å². The predicted octanol–water partition coefficient (Wildman–Crippen LogP) is 6.48. The fourth-order valence-electron chi connectivity index (χ4n) is 5.27. The molecule has 2 nitrogen and oxygen atoms in total. The van der Waals surface area contributed by atoms with Crippen LogP contribution in [0.5, 0.6) is 11.5 Å². The molecule has 0 bridgehead atoms. The summed E-state index contributed by atoms with van der Waals surface area (Å²) in [5.41, 5.74) is 5.05.